The van der Waals surface area contributed by atoms with Gasteiger partial charge in [-0.2, -0.15) is 5.10 Å². The lowest BCUT2D eigenvalue weighted by Gasteiger charge is -2.05. The Morgan fingerprint density at radius 2 is 2.10 bits per heavy atom. The minimum atomic E-state index is 0.744. The molecule has 0 radical (unpaired) electrons. The Labute approximate surface area is 124 Å². The van der Waals surface area contributed by atoms with Crippen molar-refractivity contribution >= 4 is 11.0 Å². The van der Waals surface area contributed by atoms with Crippen LogP contribution in [0.15, 0.2) is 40.9 Å². The van der Waals surface area contributed by atoms with Crippen LogP contribution in [0.4, 0.5) is 0 Å². The highest BCUT2D eigenvalue weighted by molar-refractivity contribution is 5.82. The van der Waals surface area contributed by atoms with Gasteiger partial charge in [0.2, 0.25) is 0 Å². The van der Waals surface area contributed by atoms with Crippen molar-refractivity contribution in [3.63, 3.8) is 0 Å². The molecular weight excluding hydrogens is 262 g/mol. The standard InChI is InChI=1S/C17H21N3O/c1-3-9-18-11-17-15(12-20-10-8-13(2)19-20)14-6-4-5-7-16(14)21-17/h4-8,10,18H,3,9,11-12H2,1-2H3. The Morgan fingerprint density at radius 3 is 2.86 bits per heavy atom. The van der Waals surface area contributed by atoms with Crippen LogP contribution in [0.1, 0.15) is 30.4 Å². The van der Waals surface area contributed by atoms with E-state index < -0.39 is 0 Å². The Hall–Kier alpha value is -2.07. The van der Waals surface area contributed by atoms with Crippen LogP contribution in [-0.4, -0.2) is 16.3 Å². The van der Waals surface area contributed by atoms with E-state index in [0.29, 0.717) is 0 Å². The zero-order chi connectivity index (χ0) is 14.7. The Kier molecular flexibility index (Phi) is 4.06. The molecule has 0 bridgehead atoms. The van der Waals surface area contributed by atoms with E-state index in [-0.39, 0.29) is 0 Å². The number of furan rings is 1. The van der Waals surface area contributed by atoms with Crippen molar-refractivity contribution in [2.24, 2.45) is 0 Å². The van der Waals surface area contributed by atoms with Gasteiger partial charge in [-0.05, 0) is 32.0 Å². The fraction of sp³-hybridized carbons (Fsp3) is 0.353. The summed E-state index contributed by atoms with van der Waals surface area (Å²) < 4.78 is 7.99. The largest absolute Gasteiger partial charge is 0.459 e. The van der Waals surface area contributed by atoms with Gasteiger partial charge in [-0.3, -0.25) is 4.68 Å². The minimum Gasteiger partial charge on any atom is -0.459 e. The summed E-state index contributed by atoms with van der Waals surface area (Å²) in [5, 5.41) is 9.08. The molecule has 3 rings (SSSR count). The summed E-state index contributed by atoms with van der Waals surface area (Å²) in [6.45, 7) is 6.68. The molecule has 2 aromatic heterocycles. The van der Waals surface area contributed by atoms with Gasteiger partial charge in [0.25, 0.3) is 0 Å². The maximum Gasteiger partial charge on any atom is 0.134 e. The first-order valence-electron chi connectivity index (χ1n) is 7.48. The lowest BCUT2D eigenvalue weighted by Crippen LogP contribution is -2.15. The van der Waals surface area contributed by atoms with Gasteiger partial charge in [0.15, 0.2) is 0 Å². The molecule has 0 aliphatic carbocycles. The van der Waals surface area contributed by atoms with Gasteiger partial charge in [-0.1, -0.05) is 25.1 Å². The summed E-state index contributed by atoms with van der Waals surface area (Å²) in [4.78, 5) is 0. The monoisotopic (exact) mass is 283 g/mol. The molecule has 3 aromatic rings. The molecule has 0 aliphatic heterocycles. The number of nitrogens with zero attached hydrogens (tertiary/aromatic N) is 2. The molecule has 0 saturated heterocycles. The van der Waals surface area contributed by atoms with Crippen LogP contribution in [-0.2, 0) is 13.1 Å². The average Bonchev–Trinajstić information content (AvgIpc) is 3.05. The topological polar surface area (TPSA) is 43.0 Å². The zero-order valence-electron chi connectivity index (χ0n) is 12.6. The Morgan fingerprint density at radius 1 is 1.24 bits per heavy atom. The predicted molar refractivity (Wildman–Crippen MR) is 84.3 cm³/mol. The highest BCUT2D eigenvalue weighted by Gasteiger charge is 2.14. The summed E-state index contributed by atoms with van der Waals surface area (Å²) in [6.07, 6.45) is 3.13. The third kappa shape index (κ3) is 3.00. The number of nitrogens with one attached hydrogen (secondary N) is 1. The first kappa shape index (κ1) is 13.9. The van der Waals surface area contributed by atoms with E-state index in [0.717, 1.165) is 43.1 Å². The summed E-state index contributed by atoms with van der Waals surface area (Å²) in [5.74, 6) is 1.01. The number of aryl methyl sites for hydroxylation is 1. The van der Waals surface area contributed by atoms with Crippen LogP contribution in [0.5, 0.6) is 0 Å². The molecule has 0 amide bonds. The fourth-order valence-electron chi connectivity index (χ4n) is 2.56. The molecule has 0 unspecified atom stereocenters. The summed E-state index contributed by atoms with van der Waals surface area (Å²) in [5.41, 5.74) is 3.20. The fourth-order valence-corrected chi connectivity index (χ4v) is 2.56. The van der Waals surface area contributed by atoms with Gasteiger partial charge in [-0.15, -0.1) is 0 Å². The van der Waals surface area contributed by atoms with Crippen LogP contribution in [0.25, 0.3) is 11.0 Å². The molecule has 0 atom stereocenters. The lowest BCUT2D eigenvalue weighted by molar-refractivity contribution is 0.502. The van der Waals surface area contributed by atoms with E-state index in [1.54, 1.807) is 0 Å². The normalized spacial score (nSPS) is 11.3. The van der Waals surface area contributed by atoms with E-state index in [2.05, 4.69) is 29.5 Å². The first-order valence-corrected chi connectivity index (χ1v) is 7.48. The molecule has 0 saturated carbocycles. The predicted octanol–water partition coefficient (Wildman–Crippen LogP) is 3.49. The van der Waals surface area contributed by atoms with Crippen LogP contribution < -0.4 is 5.32 Å². The molecule has 0 fully saturated rings. The third-order valence-electron chi connectivity index (χ3n) is 3.59. The molecule has 110 valence electrons. The van der Waals surface area contributed by atoms with Gasteiger partial charge >= 0.3 is 0 Å². The van der Waals surface area contributed by atoms with Crippen molar-refractivity contribution in [3.8, 4) is 0 Å². The van der Waals surface area contributed by atoms with Crippen LogP contribution in [0.2, 0.25) is 0 Å². The molecule has 0 spiro atoms. The SMILES string of the molecule is CCCNCc1oc2ccccc2c1Cn1ccc(C)n1. The van der Waals surface area contributed by atoms with Gasteiger partial charge in [0.05, 0.1) is 18.8 Å². The number of hydrogen-bond donors (Lipinski definition) is 1. The quantitative estimate of drug-likeness (QED) is 0.704. The van der Waals surface area contributed by atoms with Gasteiger partial charge in [-0.25, -0.2) is 0 Å². The van der Waals surface area contributed by atoms with E-state index in [9.17, 15) is 0 Å². The second kappa shape index (κ2) is 6.14. The van der Waals surface area contributed by atoms with Crippen LogP contribution in [0, 0.1) is 6.92 Å². The lowest BCUT2D eigenvalue weighted by atomic mass is 10.1. The van der Waals surface area contributed by atoms with Crippen molar-refractivity contribution in [1.82, 2.24) is 15.1 Å². The molecule has 4 nitrogen and oxygen atoms in total. The molecule has 4 heteroatoms. The Balaban J connectivity index is 1.94. The molecule has 1 aromatic carbocycles. The summed E-state index contributed by atoms with van der Waals surface area (Å²) >= 11 is 0. The summed E-state index contributed by atoms with van der Waals surface area (Å²) in [6, 6.07) is 10.2. The second-order valence-electron chi connectivity index (χ2n) is 5.33. The second-order valence-corrected chi connectivity index (χ2v) is 5.33. The van der Waals surface area contributed by atoms with E-state index in [1.807, 2.05) is 36.0 Å². The van der Waals surface area contributed by atoms with Crippen LogP contribution >= 0.6 is 0 Å². The van der Waals surface area contributed by atoms with E-state index in [4.69, 9.17) is 4.42 Å². The van der Waals surface area contributed by atoms with Gasteiger partial charge in [0, 0.05) is 17.1 Å². The van der Waals surface area contributed by atoms with Crippen molar-refractivity contribution < 1.29 is 4.42 Å². The first-order chi connectivity index (χ1) is 10.3. The number of fused-ring (bicyclic) bond motifs is 1. The molecule has 0 aliphatic rings. The molecule has 1 N–H and O–H groups in total. The van der Waals surface area contributed by atoms with Gasteiger partial charge in [0.1, 0.15) is 11.3 Å². The highest BCUT2D eigenvalue weighted by atomic mass is 16.3. The van der Waals surface area contributed by atoms with Crippen molar-refractivity contribution in [2.45, 2.75) is 33.4 Å². The smallest absolute Gasteiger partial charge is 0.134 e. The van der Waals surface area contributed by atoms with Crippen molar-refractivity contribution in [3.05, 3.63) is 53.5 Å². The maximum absolute atomic E-state index is 6.02. The number of benzene rings is 1. The van der Waals surface area contributed by atoms with E-state index in [1.165, 1.54) is 10.9 Å². The number of para-hydroxylation sites is 1. The number of hydrogen-bond acceptors (Lipinski definition) is 3. The number of rotatable bonds is 6. The van der Waals surface area contributed by atoms with Crippen molar-refractivity contribution in [1.29, 1.82) is 0 Å². The summed E-state index contributed by atoms with van der Waals surface area (Å²) in [7, 11) is 0. The highest BCUT2D eigenvalue weighted by Crippen LogP contribution is 2.26. The minimum absolute atomic E-state index is 0.744. The van der Waals surface area contributed by atoms with Gasteiger partial charge < -0.3 is 9.73 Å². The zero-order valence-corrected chi connectivity index (χ0v) is 12.6. The number of aromatic nitrogens is 2. The van der Waals surface area contributed by atoms with Crippen molar-refractivity contribution in [2.75, 3.05) is 6.54 Å². The third-order valence-corrected chi connectivity index (χ3v) is 3.59. The van der Waals surface area contributed by atoms with E-state index >= 15 is 0 Å². The average molecular weight is 283 g/mol. The Bertz CT molecular complexity index is 727. The molecule has 2 heterocycles. The maximum atomic E-state index is 6.02. The molecular formula is C17H21N3O. The van der Waals surface area contributed by atoms with Crippen LogP contribution in [0.3, 0.4) is 0 Å². The molecule has 21 heavy (non-hydrogen) atoms.